The summed E-state index contributed by atoms with van der Waals surface area (Å²) in [7, 11) is 2.84. The maximum absolute atomic E-state index is 10.6. The number of aliphatic hydroxyl groups is 2. The number of hydrogen-bond acceptors (Lipinski definition) is 6. The van der Waals surface area contributed by atoms with Crippen LogP contribution in [0.15, 0.2) is 36.4 Å². The van der Waals surface area contributed by atoms with Gasteiger partial charge < -0.3 is 29.9 Å². The largest absolute Gasteiger partial charge is 0.504 e. The van der Waals surface area contributed by atoms with Gasteiger partial charge >= 0.3 is 0 Å². The number of hydrogen-bond donors (Lipinski definition) is 4. The molecule has 2 aromatic rings. The maximum Gasteiger partial charge on any atom is 0.160 e. The summed E-state index contributed by atoms with van der Waals surface area (Å²) in [5.74, 6) is -0.180. The number of aromatic hydroxyl groups is 2. The Kier molecular flexibility index (Phi) is 5.31. The maximum atomic E-state index is 10.6. The molecular formula is C17H20O6. The first-order valence-electron chi connectivity index (χ1n) is 7.04. The van der Waals surface area contributed by atoms with Gasteiger partial charge in [0.2, 0.25) is 0 Å². The second kappa shape index (κ2) is 7.21. The summed E-state index contributed by atoms with van der Waals surface area (Å²) in [6, 6.07) is 9.12. The predicted molar refractivity (Wildman–Crippen MR) is 84.1 cm³/mol. The van der Waals surface area contributed by atoms with Gasteiger partial charge in [0.15, 0.2) is 23.0 Å². The molecule has 0 fully saturated rings. The predicted octanol–water partition coefficient (Wildman–Crippen LogP) is 1.92. The van der Waals surface area contributed by atoms with Crippen molar-refractivity contribution in [1.29, 1.82) is 0 Å². The third kappa shape index (κ3) is 3.49. The van der Waals surface area contributed by atoms with E-state index in [2.05, 4.69) is 0 Å². The summed E-state index contributed by atoms with van der Waals surface area (Å²) >= 11 is 0. The van der Waals surface area contributed by atoms with Crippen molar-refractivity contribution in [2.45, 2.75) is 12.0 Å². The highest BCUT2D eigenvalue weighted by Gasteiger charge is 2.24. The molecule has 2 aromatic carbocycles. The molecule has 0 heterocycles. The van der Waals surface area contributed by atoms with Crippen LogP contribution in [-0.2, 0) is 0 Å². The molecule has 2 rings (SSSR count). The van der Waals surface area contributed by atoms with Gasteiger partial charge in [0, 0.05) is 5.92 Å². The highest BCUT2D eigenvalue weighted by Crippen LogP contribution is 2.37. The van der Waals surface area contributed by atoms with E-state index in [1.165, 1.54) is 32.4 Å². The van der Waals surface area contributed by atoms with Gasteiger partial charge in [-0.25, -0.2) is 0 Å². The lowest BCUT2D eigenvalue weighted by Gasteiger charge is -2.23. The van der Waals surface area contributed by atoms with Crippen LogP contribution in [-0.4, -0.2) is 41.3 Å². The van der Waals surface area contributed by atoms with Crippen LogP contribution in [0.5, 0.6) is 23.0 Å². The fraction of sp³-hybridized carbons (Fsp3) is 0.294. The summed E-state index contributed by atoms with van der Waals surface area (Å²) in [4.78, 5) is 0. The lowest BCUT2D eigenvalue weighted by Crippen LogP contribution is -2.15. The molecule has 0 aromatic heterocycles. The van der Waals surface area contributed by atoms with E-state index in [1.54, 1.807) is 18.2 Å². The zero-order valence-corrected chi connectivity index (χ0v) is 12.9. The first-order valence-corrected chi connectivity index (χ1v) is 7.04. The highest BCUT2D eigenvalue weighted by atomic mass is 16.5. The summed E-state index contributed by atoms with van der Waals surface area (Å²) in [5.41, 5.74) is 1.10. The number of methoxy groups -OCH3 is 2. The lowest BCUT2D eigenvalue weighted by atomic mass is 9.89. The van der Waals surface area contributed by atoms with Crippen molar-refractivity contribution in [3.63, 3.8) is 0 Å². The number of phenolic OH excluding ortho intramolecular Hbond substituents is 2. The molecule has 0 saturated carbocycles. The number of phenols is 2. The number of ether oxygens (including phenoxy) is 2. The average Bonchev–Trinajstić information content (AvgIpc) is 2.57. The van der Waals surface area contributed by atoms with Gasteiger partial charge in [-0.2, -0.15) is 0 Å². The summed E-state index contributed by atoms with van der Waals surface area (Å²) in [6.07, 6.45) is -1.02. The Morgan fingerprint density at radius 3 is 1.83 bits per heavy atom. The Morgan fingerprint density at radius 1 is 0.870 bits per heavy atom. The lowest BCUT2D eigenvalue weighted by molar-refractivity contribution is 0.106. The molecule has 0 aliphatic rings. The van der Waals surface area contributed by atoms with Crippen LogP contribution in [0.2, 0.25) is 0 Å². The Hall–Kier alpha value is -2.44. The van der Waals surface area contributed by atoms with Crippen LogP contribution in [0.25, 0.3) is 0 Å². The molecule has 0 bridgehead atoms. The molecule has 0 saturated heterocycles. The van der Waals surface area contributed by atoms with Crippen LogP contribution < -0.4 is 9.47 Å². The van der Waals surface area contributed by atoms with E-state index in [0.717, 1.165) is 0 Å². The van der Waals surface area contributed by atoms with Gasteiger partial charge in [0.1, 0.15) is 0 Å². The summed E-state index contributed by atoms with van der Waals surface area (Å²) in [5, 5.41) is 39.5. The smallest absolute Gasteiger partial charge is 0.160 e. The molecule has 124 valence electrons. The van der Waals surface area contributed by atoms with E-state index in [9.17, 15) is 20.4 Å². The van der Waals surface area contributed by atoms with E-state index in [1.807, 2.05) is 0 Å². The monoisotopic (exact) mass is 320 g/mol. The molecule has 4 N–H and O–H groups in total. The van der Waals surface area contributed by atoms with Crippen molar-refractivity contribution < 1.29 is 29.9 Å². The van der Waals surface area contributed by atoms with Crippen molar-refractivity contribution >= 4 is 0 Å². The molecule has 0 unspecified atom stereocenters. The molecule has 6 nitrogen and oxygen atoms in total. The number of rotatable bonds is 6. The van der Waals surface area contributed by atoms with E-state index in [4.69, 9.17) is 9.47 Å². The Bertz CT molecular complexity index is 670. The summed E-state index contributed by atoms with van der Waals surface area (Å²) in [6.45, 7) is -0.307. The fourth-order valence-corrected chi connectivity index (χ4v) is 2.42. The van der Waals surface area contributed by atoms with Gasteiger partial charge in [-0.15, -0.1) is 0 Å². The second-order valence-electron chi connectivity index (χ2n) is 5.10. The minimum atomic E-state index is -1.02. The zero-order valence-electron chi connectivity index (χ0n) is 12.9. The van der Waals surface area contributed by atoms with Crippen LogP contribution >= 0.6 is 0 Å². The van der Waals surface area contributed by atoms with Crippen molar-refractivity contribution in [1.82, 2.24) is 0 Å². The molecule has 0 spiro atoms. The van der Waals surface area contributed by atoms with Crippen LogP contribution in [0.1, 0.15) is 23.1 Å². The van der Waals surface area contributed by atoms with Gasteiger partial charge in [0.25, 0.3) is 0 Å². The zero-order chi connectivity index (χ0) is 17.0. The SMILES string of the molecule is COc1cc([C@H](O)[C@@H](CO)c2ccc(O)c(OC)c2)ccc1O. The van der Waals surface area contributed by atoms with Crippen molar-refractivity contribution in [2.24, 2.45) is 0 Å². The number of aliphatic hydroxyl groups excluding tert-OH is 2. The second-order valence-corrected chi connectivity index (χ2v) is 5.10. The van der Waals surface area contributed by atoms with E-state index in [-0.39, 0.29) is 29.6 Å². The molecule has 23 heavy (non-hydrogen) atoms. The van der Waals surface area contributed by atoms with Crippen LogP contribution in [0.4, 0.5) is 0 Å². The van der Waals surface area contributed by atoms with Crippen LogP contribution in [0, 0.1) is 0 Å². The molecule has 0 aliphatic carbocycles. The Labute approximate surface area is 134 Å². The van der Waals surface area contributed by atoms with Gasteiger partial charge in [-0.1, -0.05) is 12.1 Å². The Morgan fingerprint density at radius 2 is 1.35 bits per heavy atom. The quantitative estimate of drug-likeness (QED) is 0.649. The third-order valence-electron chi connectivity index (χ3n) is 3.76. The topological polar surface area (TPSA) is 99.4 Å². The molecule has 0 radical (unpaired) electrons. The minimum Gasteiger partial charge on any atom is -0.504 e. The molecular weight excluding hydrogens is 300 g/mol. The molecule has 0 aliphatic heterocycles. The summed E-state index contributed by atoms with van der Waals surface area (Å²) < 4.78 is 10.1. The van der Waals surface area contributed by atoms with E-state index in [0.29, 0.717) is 11.1 Å². The van der Waals surface area contributed by atoms with Gasteiger partial charge in [0.05, 0.1) is 26.9 Å². The first kappa shape index (κ1) is 16.9. The first-order chi connectivity index (χ1) is 11.0. The normalized spacial score (nSPS) is 13.4. The number of benzene rings is 2. The van der Waals surface area contributed by atoms with E-state index >= 15 is 0 Å². The standard InChI is InChI=1S/C17H20O6/c1-22-15-7-10(3-5-13(15)19)12(9-18)17(21)11-4-6-14(20)16(8-11)23-2/h3-8,12,17-21H,9H2,1-2H3/t12-,17-/m0/s1. The fourth-order valence-electron chi connectivity index (χ4n) is 2.42. The molecule has 6 heteroatoms. The minimum absolute atomic E-state index is 0.0197. The van der Waals surface area contributed by atoms with Crippen molar-refractivity contribution in [3.8, 4) is 23.0 Å². The van der Waals surface area contributed by atoms with Gasteiger partial charge in [-0.05, 0) is 35.4 Å². The van der Waals surface area contributed by atoms with Crippen molar-refractivity contribution in [3.05, 3.63) is 47.5 Å². The third-order valence-corrected chi connectivity index (χ3v) is 3.76. The van der Waals surface area contributed by atoms with E-state index < -0.39 is 12.0 Å². The van der Waals surface area contributed by atoms with Crippen LogP contribution in [0.3, 0.4) is 0 Å². The highest BCUT2D eigenvalue weighted by molar-refractivity contribution is 5.45. The molecule has 2 atom stereocenters. The average molecular weight is 320 g/mol. The molecule has 0 amide bonds. The van der Waals surface area contributed by atoms with Crippen molar-refractivity contribution in [2.75, 3.05) is 20.8 Å². The Balaban J connectivity index is 2.36. The van der Waals surface area contributed by atoms with Gasteiger partial charge in [-0.3, -0.25) is 0 Å².